The minimum atomic E-state index is -4.71. The molecular weight excluding hydrogens is 223 g/mol. The second-order valence-corrected chi connectivity index (χ2v) is 3.06. The number of hydrogen-bond donors (Lipinski definition) is 1. The van der Waals surface area contributed by atoms with Gasteiger partial charge in [-0.3, -0.25) is 0 Å². The molecule has 0 atom stereocenters. The summed E-state index contributed by atoms with van der Waals surface area (Å²) in [6.45, 7) is 0.251. The summed E-state index contributed by atoms with van der Waals surface area (Å²) in [4.78, 5) is 0. The van der Waals surface area contributed by atoms with Gasteiger partial charge in [0.05, 0.1) is 7.11 Å². The SMILES string of the molecule is COc1ccc(CCN)c(OC(F)(F)F)c1. The summed E-state index contributed by atoms with van der Waals surface area (Å²) < 4.78 is 45.0. The third-order valence-electron chi connectivity index (χ3n) is 1.91. The van der Waals surface area contributed by atoms with Gasteiger partial charge in [0, 0.05) is 6.07 Å². The summed E-state index contributed by atoms with van der Waals surface area (Å²) in [6.07, 6.45) is -4.40. The van der Waals surface area contributed by atoms with Crippen molar-refractivity contribution >= 4 is 0 Å². The van der Waals surface area contributed by atoms with E-state index in [4.69, 9.17) is 10.5 Å². The molecule has 2 N–H and O–H groups in total. The van der Waals surface area contributed by atoms with Gasteiger partial charge in [0.1, 0.15) is 11.5 Å². The van der Waals surface area contributed by atoms with Crippen LogP contribution in [0.3, 0.4) is 0 Å². The fraction of sp³-hybridized carbons (Fsp3) is 0.400. The first-order chi connectivity index (χ1) is 7.46. The van der Waals surface area contributed by atoms with E-state index >= 15 is 0 Å². The second-order valence-electron chi connectivity index (χ2n) is 3.06. The van der Waals surface area contributed by atoms with E-state index in [-0.39, 0.29) is 12.3 Å². The highest BCUT2D eigenvalue weighted by atomic mass is 19.4. The van der Waals surface area contributed by atoms with Crippen molar-refractivity contribution in [3.63, 3.8) is 0 Å². The van der Waals surface area contributed by atoms with E-state index in [2.05, 4.69) is 4.74 Å². The van der Waals surface area contributed by atoms with Gasteiger partial charge in [-0.2, -0.15) is 0 Å². The molecule has 0 saturated heterocycles. The molecule has 0 aliphatic carbocycles. The molecule has 0 fully saturated rings. The van der Waals surface area contributed by atoms with Crippen LogP contribution in [0.5, 0.6) is 11.5 Å². The number of ether oxygens (including phenoxy) is 2. The summed E-state index contributed by atoms with van der Waals surface area (Å²) >= 11 is 0. The molecule has 0 radical (unpaired) electrons. The Balaban J connectivity index is 3.00. The van der Waals surface area contributed by atoms with E-state index in [1.165, 1.54) is 19.2 Å². The highest BCUT2D eigenvalue weighted by Crippen LogP contribution is 2.30. The smallest absolute Gasteiger partial charge is 0.497 e. The first-order valence-electron chi connectivity index (χ1n) is 4.59. The molecular formula is C10H12F3NO2. The number of nitrogens with two attached hydrogens (primary N) is 1. The number of benzene rings is 1. The number of halogens is 3. The number of rotatable bonds is 4. The molecule has 0 heterocycles. The van der Waals surface area contributed by atoms with E-state index < -0.39 is 6.36 Å². The van der Waals surface area contributed by atoms with Crippen LogP contribution < -0.4 is 15.2 Å². The molecule has 16 heavy (non-hydrogen) atoms. The van der Waals surface area contributed by atoms with Crippen LogP contribution in [0, 0.1) is 0 Å². The van der Waals surface area contributed by atoms with E-state index in [1.54, 1.807) is 6.07 Å². The van der Waals surface area contributed by atoms with Crippen molar-refractivity contribution in [2.45, 2.75) is 12.8 Å². The van der Waals surface area contributed by atoms with E-state index in [0.29, 0.717) is 17.7 Å². The molecule has 0 aliphatic rings. The van der Waals surface area contributed by atoms with Crippen molar-refractivity contribution in [1.82, 2.24) is 0 Å². The predicted molar refractivity (Wildman–Crippen MR) is 52.4 cm³/mol. The zero-order valence-corrected chi connectivity index (χ0v) is 8.67. The molecule has 0 amide bonds. The second kappa shape index (κ2) is 5.07. The van der Waals surface area contributed by atoms with Crippen molar-refractivity contribution in [2.24, 2.45) is 5.73 Å². The molecule has 0 saturated carbocycles. The number of alkyl halides is 3. The third-order valence-corrected chi connectivity index (χ3v) is 1.91. The fourth-order valence-electron chi connectivity index (χ4n) is 1.24. The first kappa shape index (κ1) is 12.6. The third kappa shape index (κ3) is 3.62. The Kier molecular flexibility index (Phi) is 4.00. The zero-order chi connectivity index (χ0) is 12.2. The maximum Gasteiger partial charge on any atom is 0.573 e. The lowest BCUT2D eigenvalue weighted by atomic mass is 10.1. The Labute approximate surface area is 91.0 Å². The molecule has 1 aromatic rings. The highest BCUT2D eigenvalue weighted by Gasteiger charge is 2.32. The minimum Gasteiger partial charge on any atom is -0.497 e. The predicted octanol–water partition coefficient (Wildman–Crippen LogP) is 2.09. The van der Waals surface area contributed by atoms with Crippen LogP contribution in [0.1, 0.15) is 5.56 Å². The summed E-state index contributed by atoms with van der Waals surface area (Å²) in [7, 11) is 1.37. The Hall–Kier alpha value is -1.43. The molecule has 1 rings (SSSR count). The Bertz CT molecular complexity index is 352. The van der Waals surface area contributed by atoms with Gasteiger partial charge >= 0.3 is 6.36 Å². The molecule has 0 aliphatic heterocycles. The number of hydrogen-bond acceptors (Lipinski definition) is 3. The van der Waals surface area contributed by atoms with Crippen LogP contribution in [0.25, 0.3) is 0 Å². The fourth-order valence-corrected chi connectivity index (χ4v) is 1.24. The average Bonchev–Trinajstić information content (AvgIpc) is 2.18. The number of methoxy groups -OCH3 is 1. The quantitative estimate of drug-likeness (QED) is 0.869. The van der Waals surface area contributed by atoms with E-state index in [1.807, 2.05) is 0 Å². The van der Waals surface area contributed by atoms with Gasteiger partial charge in [-0.15, -0.1) is 13.2 Å². The van der Waals surface area contributed by atoms with Crippen molar-refractivity contribution < 1.29 is 22.6 Å². The monoisotopic (exact) mass is 235 g/mol. The van der Waals surface area contributed by atoms with Crippen LogP contribution in [-0.2, 0) is 6.42 Å². The lowest BCUT2D eigenvalue weighted by Gasteiger charge is -2.13. The maximum absolute atomic E-state index is 12.1. The average molecular weight is 235 g/mol. The van der Waals surface area contributed by atoms with Crippen LogP contribution in [0.4, 0.5) is 13.2 Å². The standard InChI is InChI=1S/C10H12F3NO2/c1-15-8-3-2-7(4-5-14)9(6-8)16-10(11,12)13/h2-3,6H,4-5,14H2,1H3. The molecule has 3 nitrogen and oxygen atoms in total. The molecule has 0 aromatic heterocycles. The van der Waals surface area contributed by atoms with Crippen molar-refractivity contribution in [1.29, 1.82) is 0 Å². The lowest BCUT2D eigenvalue weighted by molar-refractivity contribution is -0.274. The van der Waals surface area contributed by atoms with Gasteiger partial charge in [0.15, 0.2) is 0 Å². The Morgan fingerprint density at radius 2 is 2.00 bits per heavy atom. The first-order valence-corrected chi connectivity index (χ1v) is 4.59. The van der Waals surface area contributed by atoms with Crippen molar-refractivity contribution in [3.8, 4) is 11.5 Å². The Morgan fingerprint density at radius 3 is 2.50 bits per heavy atom. The molecule has 0 unspecified atom stereocenters. The molecule has 90 valence electrons. The zero-order valence-electron chi connectivity index (χ0n) is 8.67. The van der Waals surface area contributed by atoms with Crippen molar-refractivity contribution in [3.05, 3.63) is 23.8 Å². The summed E-state index contributed by atoms with van der Waals surface area (Å²) in [5.41, 5.74) is 5.70. The van der Waals surface area contributed by atoms with E-state index in [9.17, 15) is 13.2 Å². The summed E-state index contributed by atoms with van der Waals surface area (Å²) in [5.74, 6) is 0.0392. The largest absolute Gasteiger partial charge is 0.573 e. The lowest BCUT2D eigenvalue weighted by Crippen LogP contribution is -2.18. The van der Waals surface area contributed by atoms with Crippen LogP contribution in [0.15, 0.2) is 18.2 Å². The van der Waals surface area contributed by atoms with Gasteiger partial charge in [-0.1, -0.05) is 6.07 Å². The molecule has 6 heteroatoms. The van der Waals surface area contributed by atoms with Crippen molar-refractivity contribution in [2.75, 3.05) is 13.7 Å². The minimum absolute atomic E-state index is 0.251. The summed E-state index contributed by atoms with van der Waals surface area (Å²) in [6, 6.07) is 4.26. The highest BCUT2D eigenvalue weighted by molar-refractivity contribution is 5.41. The summed E-state index contributed by atoms with van der Waals surface area (Å²) in [5, 5.41) is 0. The maximum atomic E-state index is 12.1. The van der Waals surface area contributed by atoms with Gasteiger partial charge < -0.3 is 15.2 Å². The van der Waals surface area contributed by atoms with Crippen LogP contribution >= 0.6 is 0 Å². The molecule has 1 aromatic carbocycles. The Morgan fingerprint density at radius 1 is 1.31 bits per heavy atom. The van der Waals surface area contributed by atoms with Gasteiger partial charge in [-0.25, -0.2) is 0 Å². The topological polar surface area (TPSA) is 44.5 Å². The normalized spacial score (nSPS) is 11.3. The van der Waals surface area contributed by atoms with Gasteiger partial charge in [0.2, 0.25) is 0 Å². The van der Waals surface area contributed by atoms with Gasteiger partial charge in [-0.05, 0) is 24.6 Å². The molecule has 0 bridgehead atoms. The van der Waals surface area contributed by atoms with Crippen LogP contribution in [0.2, 0.25) is 0 Å². The molecule has 0 spiro atoms. The van der Waals surface area contributed by atoms with Gasteiger partial charge in [0.25, 0.3) is 0 Å². The van der Waals surface area contributed by atoms with E-state index in [0.717, 1.165) is 0 Å². The van der Waals surface area contributed by atoms with Crippen LogP contribution in [-0.4, -0.2) is 20.0 Å².